The molecule has 1 rings (SSSR count). The number of esters is 1. The van der Waals surface area contributed by atoms with E-state index in [1.165, 1.54) is 6.26 Å². The van der Waals surface area contributed by atoms with Gasteiger partial charge in [-0.25, -0.2) is 0 Å². The van der Waals surface area contributed by atoms with Crippen LogP contribution in [-0.4, -0.2) is 17.5 Å². The van der Waals surface area contributed by atoms with Gasteiger partial charge in [-0.2, -0.15) is 11.8 Å². The van der Waals surface area contributed by atoms with Gasteiger partial charge in [0.05, 0.1) is 12.2 Å². The van der Waals surface area contributed by atoms with Crippen LogP contribution in [0.5, 0.6) is 0 Å². The molecular weight excluding hydrogens is 172 g/mol. The van der Waals surface area contributed by atoms with Crippen LogP contribution in [-0.2, 0) is 9.53 Å². The predicted octanol–water partition coefficient (Wildman–Crippen LogP) is 2.21. The third-order valence-corrected chi connectivity index (χ3v) is 2.45. The molecule has 1 aliphatic carbocycles. The topological polar surface area (TPSA) is 26.3 Å². The summed E-state index contributed by atoms with van der Waals surface area (Å²) in [5.41, 5.74) is 0. The van der Waals surface area contributed by atoms with E-state index in [9.17, 15) is 4.79 Å². The number of rotatable bonds is 5. The molecule has 0 atom stereocenters. The van der Waals surface area contributed by atoms with Crippen LogP contribution in [0.25, 0.3) is 0 Å². The van der Waals surface area contributed by atoms with Gasteiger partial charge in [0.1, 0.15) is 0 Å². The summed E-state index contributed by atoms with van der Waals surface area (Å²) in [6.07, 6.45) is 5.42. The molecule has 0 radical (unpaired) electrons. The van der Waals surface area contributed by atoms with Crippen LogP contribution >= 0.6 is 11.8 Å². The number of carbonyl (C=O) groups excluding carboxylic acids is 1. The number of hydrogen-bond donors (Lipinski definition) is 0. The second-order valence-electron chi connectivity index (χ2n) is 2.74. The molecule has 2 nitrogen and oxygen atoms in total. The maximum atomic E-state index is 11.0. The number of carbonyl (C=O) groups is 1. The Hall–Kier alpha value is -0.440. The lowest BCUT2D eigenvalue weighted by molar-refractivity contribution is -0.139. The molecule has 0 aromatic heterocycles. The minimum absolute atomic E-state index is 0.0623. The first-order valence-electron chi connectivity index (χ1n) is 4.28. The number of ether oxygens (including phenoxy) is 1. The van der Waals surface area contributed by atoms with Crippen LogP contribution in [0.4, 0.5) is 0 Å². The fraction of sp³-hybridized carbons (Fsp3) is 0.667. The van der Waals surface area contributed by atoms with Crippen molar-refractivity contribution in [3.8, 4) is 0 Å². The van der Waals surface area contributed by atoms with Crippen LogP contribution in [0.3, 0.4) is 0 Å². The molecule has 1 fully saturated rings. The first-order chi connectivity index (χ1) is 5.84. The van der Waals surface area contributed by atoms with Gasteiger partial charge in [0.15, 0.2) is 0 Å². The molecule has 0 bridgehead atoms. The summed E-state index contributed by atoms with van der Waals surface area (Å²) in [5, 5.41) is 0. The summed E-state index contributed by atoms with van der Waals surface area (Å²) in [6.45, 7) is 2.11. The third-order valence-electron chi connectivity index (χ3n) is 1.61. The van der Waals surface area contributed by atoms with Gasteiger partial charge in [0, 0.05) is 5.75 Å². The standard InChI is InChI=1S/C9H14O2S/c1-2-12-7-3-6-11-9(10)8-4-5-8/h3,6,8H,2,4-5,7H2,1H3. The lowest BCUT2D eigenvalue weighted by Gasteiger charge is -1.94. The van der Waals surface area contributed by atoms with Crippen molar-refractivity contribution in [2.24, 2.45) is 5.92 Å². The summed E-state index contributed by atoms with van der Waals surface area (Å²) >= 11 is 1.81. The van der Waals surface area contributed by atoms with Gasteiger partial charge in [-0.15, -0.1) is 0 Å². The van der Waals surface area contributed by atoms with Gasteiger partial charge in [0.2, 0.25) is 0 Å². The molecule has 0 unspecified atom stereocenters. The average Bonchev–Trinajstić information content (AvgIpc) is 2.86. The SMILES string of the molecule is CCSCC=COC(=O)C1CC1. The van der Waals surface area contributed by atoms with Crippen LogP contribution < -0.4 is 0 Å². The van der Waals surface area contributed by atoms with Crippen molar-refractivity contribution in [3.63, 3.8) is 0 Å². The van der Waals surface area contributed by atoms with Crippen LogP contribution in [0.1, 0.15) is 19.8 Å². The fourth-order valence-corrected chi connectivity index (χ4v) is 1.21. The van der Waals surface area contributed by atoms with Crippen molar-refractivity contribution >= 4 is 17.7 Å². The van der Waals surface area contributed by atoms with E-state index in [4.69, 9.17) is 4.74 Å². The summed E-state index contributed by atoms with van der Waals surface area (Å²) in [7, 11) is 0. The highest BCUT2D eigenvalue weighted by atomic mass is 32.2. The molecule has 0 amide bonds. The Balaban J connectivity index is 1.99. The van der Waals surface area contributed by atoms with E-state index in [0.29, 0.717) is 0 Å². The molecule has 0 N–H and O–H groups in total. The Morgan fingerprint density at radius 2 is 2.42 bits per heavy atom. The van der Waals surface area contributed by atoms with Crippen molar-refractivity contribution in [2.75, 3.05) is 11.5 Å². The van der Waals surface area contributed by atoms with E-state index in [2.05, 4.69) is 6.92 Å². The maximum Gasteiger partial charge on any atom is 0.313 e. The molecule has 0 aromatic rings. The maximum absolute atomic E-state index is 11.0. The molecule has 68 valence electrons. The minimum atomic E-state index is -0.0623. The normalized spacial score (nSPS) is 16.8. The van der Waals surface area contributed by atoms with E-state index < -0.39 is 0 Å². The third kappa shape index (κ3) is 3.81. The summed E-state index contributed by atoms with van der Waals surface area (Å²) in [4.78, 5) is 11.0. The van der Waals surface area contributed by atoms with Gasteiger partial charge in [-0.05, 0) is 24.7 Å². The quantitative estimate of drug-likeness (QED) is 0.374. The molecule has 0 spiro atoms. The minimum Gasteiger partial charge on any atom is -0.435 e. The van der Waals surface area contributed by atoms with Crippen LogP contribution in [0, 0.1) is 5.92 Å². The number of hydrogen-bond acceptors (Lipinski definition) is 3. The highest BCUT2D eigenvalue weighted by Gasteiger charge is 2.30. The Labute approximate surface area is 77.4 Å². The summed E-state index contributed by atoms with van der Waals surface area (Å²) in [6, 6.07) is 0. The molecule has 0 aromatic carbocycles. The largest absolute Gasteiger partial charge is 0.435 e. The van der Waals surface area contributed by atoms with Gasteiger partial charge in [-0.3, -0.25) is 4.79 Å². The predicted molar refractivity (Wildman–Crippen MR) is 51.0 cm³/mol. The summed E-state index contributed by atoms with van der Waals surface area (Å²) in [5.74, 6) is 2.16. The van der Waals surface area contributed by atoms with Crippen molar-refractivity contribution in [2.45, 2.75) is 19.8 Å². The van der Waals surface area contributed by atoms with E-state index >= 15 is 0 Å². The molecule has 0 saturated heterocycles. The lowest BCUT2D eigenvalue weighted by atomic mass is 10.4. The highest BCUT2D eigenvalue weighted by Crippen LogP contribution is 2.30. The van der Waals surface area contributed by atoms with Crippen molar-refractivity contribution < 1.29 is 9.53 Å². The molecule has 0 aliphatic heterocycles. The molecular formula is C9H14O2S. The second-order valence-corrected chi connectivity index (χ2v) is 4.06. The van der Waals surface area contributed by atoms with Gasteiger partial charge < -0.3 is 4.74 Å². The van der Waals surface area contributed by atoms with E-state index in [1.807, 2.05) is 6.08 Å². The second kappa shape index (κ2) is 5.25. The molecule has 0 heterocycles. The highest BCUT2D eigenvalue weighted by molar-refractivity contribution is 7.99. The van der Waals surface area contributed by atoms with E-state index in [0.717, 1.165) is 24.3 Å². The zero-order valence-electron chi connectivity index (χ0n) is 7.29. The van der Waals surface area contributed by atoms with Crippen LogP contribution in [0.15, 0.2) is 12.3 Å². The molecule has 1 saturated carbocycles. The van der Waals surface area contributed by atoms with Crippen LogP contribution in [0.2, 0.25) is 0 Å². The monoisotopic (exact) mass is 186 g/mol. The fourth-order valence-electron chi connectivity index (χ4n) is 0.756. The Bertz CT molecular complexity index is 173. The smallest absolute Gasteiger partial charge is 0.313 e. The molecule has 3 heteroatoms. The zero-order chi connectivity index (χ0) is 8.81. The number of thioether (sulfide) groups is 1. The first-order valence-corrected chi connectivity index (χ1v) is 5.43. The van der Waals surface area contributed by atoms with Gasteiger partial charge >= 0.3 is 5.97 Å². The summed E-state index contributed by atoms with van der Waals surface area (Å²) < 4.78 is 4.88. The van der Waals surface area contributed by atoms with Crippen molar-refractivity contribution in [1.29, 1.82) is 0 Å². The van der Waals surface area contributed by atoms with E-state index in [-0.39, 0.29) is 11.9 Å². The first kappa shape index (κ1) is 9.65. The Kier molecular flexibility index (Phi) is 4.22. The Morgan fingerprint density at radius 1 is 1.67 bits per heavy atom. The van der Waals surface area contributed by atoms with Crippen molar-refractivity contribution in [3.05, 3.63) is 12.3 Å². The lowest BCUT2D eigenvalue weighted by Crippen LogP contribution is -2.00. The van der Waals surface area contributed by atoms with Gasteiger partial charge in [0.25, 0.3) is 0 Å². The Morgan fingerprint density at radius 3 is 3.00 bits per heavy atom. The average molecular weight is 186 g/mol. The molecule has 12 heavy (non-hydrogen) atoms. The zero-order valence-corrected chi connectivity index (χ0v) is 8.10. The van der Waals surface area contributed by atoms with E-state index in [1.54, 1.807) is 11.8 Å². The molecule has 1 aliphatic rings. The van der Waals surface area contributed by atoms with Crippen molar-refractivity contribution in [1.82, 2.24) is 0 Å². The van der Waals surface area contributed by atoms with Gasteiger partial charge in [-0.1, -0.05) is 6.92 Å².